The molecule has 1 aromatic carbocycles. The summed E-state index contributed by atoms with van der Waals surface area (Å²) in [5.41, 5.74) is 0. The van der Waals surface area contributed by atoms with Crippen molar-refractivity contribution in [3.63, 3.8) is 0 Å². The minimum atomic E-state index is 0.292. The van der Waals surface area contributed by atoms with Crippen LogP contribution in [0.25, 0.3) is 10.8 Å². The Morgan fingerprint density at radius 3 is 2.67 bits per heavy atom. The van der Waals surface area contributed by atoms with E-state index >= 15 is 0 Å². The fourth-order valence-electron chi connectivity index (χ4n) is 2.84. The third kappa shape index (κ3) is 3.44. The fraction of sp³-hybridized carbons (Fsp3) is 0.278. The number of fused-ring (bicyclic) bond motifs is 1. The maximum Gasteiger partial charge on any atom is 0.228 e. The summed E-state index contributed by atoms with van der Waals surface area (Å²) in [4.78, 5) is 12.7. The molecule has 122 valence electrons. The largest absolute Gasteiger partial charge is 0.490 e. The van der Waals surface area contributed by atoms with Crippen molar-refractivity contribution in [1.82, 2.24) is 20.3 Å². The zero-order valence-corrected chi connectivity index (χ0v) is 13.3. The Balaban J connectivity index is 1.55. The third-order valence-corrected chi connectivity index (χ3v) is 4.09. The molecule has 6 heteroatoms. The molecule has 6 nitrogen and oxygen atoms in total. The van der Waals surface area contributed by atoms with Crippen LogP contribution >= 0.6 is 0 Å². The Bertz CT molecular complexity index is 818. The average molecular weight is 321 g/mol. The summed E-state index contributed by atoms with van der Waals surface area (Å²) in [5.74, 6) is 2.15. The summed E-state index contributed by atoms with van der Waals surface area (Å²) in [6.45, 7) is 2.04. The number of piperidine rings is 1. The van der Waals surface area contributed by atoms with Crippen molar-refractivity contribution in [2.45, 2.75) is 18.9 Å². The van der Waals surface area contributed by atoms with Crippen molar-refractivity contribution in [3.05, 3.63) is 48.9 Å². The highest BCUT2D eigenvalue weighted by Crippen LogP contribution is 2.25. The molecule has 24 heavy (non-hydrogen) atoms. The second-order valence-electron chi connectivity index (χ2n) is 5.84. The maximum atomic E-state index is 6.12. The first-order valence-corrected chi connectivity index (χ1v) is 8.18. The molecule has 4 rings (SSSR count). The summed E-state index contributed by atoms with van der Waals surface area (Å²) in [6, 6.07) is 9.89. The van der Waals surface area contributed by atoms with E-state index in [2.05, 4.69) is 31.7 Å². The van der Waals surface area contributed by atoms with E-state index in [1.54, 1.807) is 18.5 Å². The number of hydrogen-bond donors (Lipinski definition) is 2. The Hall–Kier alpha value is -2.73. The van der Waals surface area contributed by atoms with E-state index in [1.807, 2.05) is 24.4 Å². The van der Waals surface area contributed by atoms with E-state index in [-0.39, 0.29) is 0 Å². The second kappa shape index (κ2) is 6.80. The molecule has 3 aromatic rings. The lowest BCUT2D eigenvalue weighted by Crippen LogP contribution is -2.34. The van der Waals surface area contributed by atoms with Gasteiger partial charge in [0.15, 0.2) is 0 Å². The molecule has 2 N–H and O–H groups in total. The molecular formula is C18H19N5O. The molecule has 1 fully saturated rings. The number of hydrogen-bond acceptors (Lipinski definition) is 6. The van der Waals surface area contributed by atoms with Gasteiger partial charge in [-0.25, -0.2) is 15.0 Å². The van der Waals surface area contributed by atoms with Crippen LogP contribution in [0.5, 0.6) is 5.75 Å². The van der Waals surface area contributed by atoms with Crippen LogP contribution in [0.2, 0.25) is 0 Å². The van der Waals surface area contributed by atoms with Crippen LogP contribution in [-0.4, -0.2) is 34.1 Å². The molecule has 0 amide bonds. The van der Waals surface area contributed by atoms with Crippen LogP contribution in [0.1, 0.15) is 12.8 Å². The van der Waals surface area contributed by atoms with Gasteiger partial charge in [-0.15, -0.1) is 0 Å². The summed E-state index contributed by atoms with van der Waals surface area (Å²) >= 11 is 0. The van der Waals surface area contributed by atoms with Crippen LogP contribution in [0.3, 0.4) is 0 Å². The van der Waals surface area contributed by atoms with E-state index in [0.717, 1.165) is 42.5 Å². The highest BCUT2D eigenvalue weighted by atomic mass is 16.5. The van der Waals surface area contributed by atoms with Crippen molar-refractivity contribution >= 4 is 22.5 Å². The van der Waals surface area contributed by atoms with Gasteiger partial charge in [-0.2, -0.15) is 0 Å². The van der Waals surface area contributed by atoms with Crippen molar-refractivity contribution in [1.29, 1.82) is 0 Å². The zero-order valence-electron chi connectivity index (χ0n) is 13.3. The highest BCUT2D eigenvalue weighted by molar-refractivity contribution is 5.85. The minimum absolute atomic E-state index is 0.292. The lowest BCUT2D eigenvalue weighted by atomic mass is 10.1. The molecule has 0 unspecified atom stereocenters. The van der Waals surface area contributed by atoms with Gasteiger partial charge < -0.3 is 15.4 Å². The first kappa shape index (κ1) is 14.8. The molecular weight excluding hydrogens is 302 g/mol. The van der Waals surface area contributed by atoms with Crippen molar-refractivity contribution in [2.75, 3.05) is 18.4 Å². The Kier molecular flexibility index (Phi) is 4.20. The first-order chi connectivity index (χ1) is 11.9. The molecule has 0 bridgehead atoms. The van der Waals surface area contributed by atoms with Crippen molar-refractivity contribution in [3.8, 4) is 5.75 Å². The molecule has 1 saturated heterocycles. The number of rotatable bonds is 4. The molecule has 0 aliphatic carbocycles. The lowest BCUT2D eigenvalue weighted by Gasteiger charge is -2.24. The molecule has 1 aliphatic heterocycles. The van der Waals surface area contributed by atoms with Crippen molar-refractivity contribution in [2.24, 2.45) is 0 Å². The Morgan fingerprint density at radius 1 is 1.00 bits per heavy atom. The van der Waals surface area contributed by atoms with Gasteiger partial charge in [-0.1, -0.05) is 0 Å². The van der Waals surface area contributed by atoms with Gasteiger partial charge in [0, 0.05) is 24.0 Å². The van der Waals surface area contributed by atoms with Crippen LogP contribution in [-0.2, 0) is 0 Å². The average Bonchev–Trinajstić information content (AvgIpc) is 2.63. The van der Waals surface area contributed by atoms with E-state index < -0.39 is 0 Å². The predicted octanol–water partition coefficient (Wildman–Crippen LogP) is 2.90. The molecule has 3 heterocycles. The lowest BCUT2D eigenvalue weighted by molar-refractivity contribution is 0.162. The summed E-state index contributed by atoms with van der Waals surface area (Å²) in [7, 11) is 0. The number of benzene rings is 1. The topological polar surface area (TPSA) is 72.0 Å². The molecule has 2 aromatic heterocycles. The molecule has 0 radical (unpaired) electrons. The smallest absolute Gasteiger partial charge is 0.228 e. The van der Waals surface area contributed by atoms with Crippen LogP contribution in [0.4, 0.5) is 11.8 Å². The number of nitrogens with one attached hydrogen (secondary N) is 2. The van der Waals surface area contributed by atoms with E-state index in [0.29, 0.717) is 17.9 Å². The first-order valence-electron chi connectivity index (χ1n) is 8.18. The number of anilines is 2. The standard InChI is InChI=1S/C18H19N5O/c1-6-20-18(21-7-1)23-17-11-14-10-16(3-2-13(14)12-22-17)24-15-4-8-19-9-5-15/h1-3,6-7,10-12,15,19H,4-5,8-9H2,(H,20,21,22,23). The van der Waals surface area contributed by atoms with Gasteiger partial charge >= 0.3 is 0 Å². The molecule has 1 aliphatic rings. The monoisotopic (exact) mass is 321 g/mol. The number of ether oxygens (including phenoxy) is 1. The van der Waals surface area contributed by atoms with E-state index in [9.17, 15) is 0 Å². The number of pyridine rings is 1. The quantitative estimate of drug-likeness (QED) is 0.770. The summed E-state index contributed by atoms with van der Waals surface area (Å²) in [6.07, 6.45) is 7.62. The minimum Gasteiger partial charge on any atom is -0.490 e. The zero-order chi connectivity index (χ0) is 16.2. The summed E-state index contributed by atoms with van der Waals surface area (Å²) in [5, 5.41) is 8.62. The van der Waals surface area contributed by atoms with E-state index in [1.165, 1.54) is 0 Å². The SMILES string of the molecule is c1cnc(Nc2cc3cc(OC4CCNCC4)ccc3cn2)nc1. The maximum absolute atomic E-state index is 6.12. The summed E-state index contributed by atoms with van der Waals surface area (Å²) < 4.78 is 6.12. The van der Waals surface area contributed by atoms with Gasteiger partial charge in [-0.05, 0) is 61.6 Å². The fourth-order valence-corrected chi connectivity index (χ4v) is 2.84. The van der Waals surface area contributed by atoms with Gasteiger partial charge in [0.05, 0.1) is 0 Å². The van der Waals surface area contributed by atoms with Crippen molar-refractivity contribution < 1.29 is 4.74 Å². The highest BCUT2D eigenvalue weighted by Gasteiger charge is 2.14. The molecule has 0 spiro atoms. The van der Waals surface area contributed by atoms with Gasteiger partial charge in [-0.3, -0.25) is 0 Å². The normalized spacial score (nSPS) is 15.3. The third-order valence-electron chi connectivity index (χ3n) is 4.09. The predicted molar refractivity (Wildman–Crippen MR) is 93.6 cm³/mol. The number of nitrogens with zero attached hydrogens (tertiary/aromatic N) is 3. The van der Waals surface area contributed by atoms with Gasteiger partial charge in [0.2, 0.25) is 5.95 Å². The van der Waals surface area contributed by atoms with Crippen LogP contribution in [0.15, 0.2) is 48.9 Å². The van der Waals surface area contributed by atoms with Crippen LogP contribution in [0, 0.1) is 0 Å². The molecule has 0 saturated carbocycles. The second-order valence-corrected chi connectivity index (χ2v) is 5.84. The Labute approximate surface area is 140 Å². The van der Waals surface area contributed by atoms with Crippen LogP contribution < -0.4 is 15.4 Å². The number of aromatic nitrogens is 3. The van der Waals surface area contributed by atoms with E-state index in [4.69, 9.17) is 4.74 Å². The Morgan fingerprint density at radius 2 is 1.83 bits per heavy atom. The van der Waals surface area contributed by atoms with Gasteiger partial charge in [0.1, 0.15) is 17.7 Å². The molecule has 0 atom stereocenters. The van der Waals surface area contributed by atoms with Gasteiger partial charge in [0.25, 0.3) is 0 Å².